The van der Waals surface area contributed by atoms with E-state index in [2.05, 4.69) is 26.5 Å². The summed E-state index contributed by atoms with van der Waals surface area (Å²) in [6, 6.07) is 6.42. The van der Waals surface area contributed by atoms with Gasteiger partial charge in [-0.25, -0.2) is 0 Å². The van der Waals surface area contributed by atoms with Crippen LogP contribution in [0.15, 0.2) is 24.3 Å². The van der Waals surface area contributed by atoms with Crippen molar-refractivity contribution in [3.63, 3.8) is 0 Å². The van der Waals surface area contributed by atoms with Crippen molar-refractivity contribution in [2.75, 3.05) is 40.8 Å². The van der Waals surface area contributed by atoms with Crippen LogP contribution in [0.2, 0.25) is 0 Å². The van der Waals surface area contributed by atoms with Gasteiger partial charge in [0.25, 0.3) is 5.91 Å². The number of benzene rings is 1. The summed E-state index contributed by atoms with van der Waals surface area (Å²) in [4.78, 5) is 21.9. The van der Waals surface area contributed by atoms with Gasteiger partial charge in [0, 0.05) is 12.5 Å². The van der Waals surface area contributed by atoms with Crippen molar-refractivity contribution in [1.29, 1.82) is 0 Å². The molecule has 154 valence electrons. The number of nitrogens with one attached hydrogen (secondary N) is 1. The van der Waals surface area contributed by atoms with Crippen LogP contribution in [0.3, 0.4) is 0 Å². The number of carbonyl (C=O) groups excluding carboxylic acids is 2. The number of quaternary nitrogens is 1. The molecule has 0 spiro atoms. The molecule has 1 aromatic rings. The zero-order chi connectivity index (χ0) is 20.7. The number of carboxylic acids is 1. The number of phenolic OH excluding ortho intramolecular Hbond substituents is 1. The maximum atomic E-state index is 11.7. The topological polar surface area (TPSA) is 110 Å². The highest BCUT2D eigenvalue weighted by molar-refractivity contribution is 5.96. The van der Waals surface area contributed by atoms with E-state index in [1.165, 1.54) is 6.07 Å². The number of carbonyl (C=O) groups is 2. The number of amides is 1. The van der Waals surface area contributed by atoms with E-state index in [4.69, 9.17) is 5.11 Å². The number of phenols is 1. The van der Waals surface area contributed by atoms with E-state index in [1.54, 1.807) is 18.2 Å². The van der Waals surface area contributed by atoms with Gasteiger partial charge in [-0.1, -0.05) is 31.4 Å². The maximum absolute atomic E-state index is 11.7. The Morgan fingerprint density at radius 3 is 2.15 bits per heavy atom. The molecule has 0 unspecified atom stereocenters. The monoisotopic (exact) mass is 382 g/mol. The highest BCUT2D eigenvalue weighted by atomic mass is 16.4. The number of para-hydroxylation sites is 1. The first-order valence-electron chi connectivity index (χ1n) is 9.34. The fraction of sp³-hybridized carbons (Fsp3) is 0.600. The highest BCUT2D eigenvalue weighted by Crippen LogP contribution is 2.15. The minimum Gasteiger partial charge on any atom is -0.550 e. The Morgan fingerprint density at radius 1 is 1.04 bits per heavy atom. The predicted octanol–water partition coefficient (Wildman–Crippen LogP) is 0.897. The number of hydrogen-bond acceptors (Lipinski definition) is 5. The number of aliphatic carboxylic acids is 1. The van der Waals surface area contributed by atoms with Gasteiger partial charge in [0.1, 0.15) is 12.3 Å². The molecular weight excluding hydrogens is 348 g/mol. The third-order valence-corrected chi connectivity index (χ3v) is 3.76. The second-order valence-electron chi connectivity index (χ2n) is 7.40. The third-order valence-electron chi connectivity index (χ3n) is 3.76. The summed E-state index contributed by atoms with van der Waals surface area (Å²) in [5, 5.41) is 30.8. The van der Waals surface area contributed by atoms with Crippen LogP contribution in [-0.2, 0) is 4.79 Å². The molecule has 0 fully saturated rings. The van der Waals surface area contributed by atoms with Gasteiger partial charge in [0.05, 0.1) is 33.3 Å². The first kappa shape index (κ1) is 24.9. The van der Waals surface area contributed by atoms with Crippen molar-refractivity contribution in [2.24, 2.45) is 0 Å². The number of aromatic hydroxyl groups is 1. The fourth-order valence-corrected chi connectivity index (χ4v) is 2.19. The van der Waals surface area contributed by atoms with Gasteiger partial charge in [-0.05, 0) is 31.4 Å². The van der Waals surface area contributed by atoms with Crippen LogP contribution in [0.4, 0.5) is 0 Å². The standard InChI is InChI=1S/C15H21NO4.C5H14NO/c17-13-9-6-5-8-12(13)15(20)16-11-7-3-1-2-4-10-14(18)19;1-6(2,3)4-5-7/h5-6,8-9,17H,1-4,7,10-11H2,(H,16,20)(H,18,19);7H,4-5H2,1-3H3/q;+1/p-1. The second kappa shape index (κ2) is 14.0. The van der Waals surface area contributed by atoms with E-state index in [0.29, 0.717) is 13.0 Å². The third kappa shape index (κ3) is 14.7. The van der Waals surface area contributed by atoms with Crippen LogP contribution in [-0.4, -0.2) is 67.4 Å². The zero-order valence-electron chi connectivity index (χ0n) is 16.7. The maximum Gasteiger partial charge on any atom is 0.255 e. The van der Waals surface area contributed by atoms with Gasteiger partial charge >= 0.3 is 0 Å². The molecule has 0 heterocycles. The number of likely N-dealkylation sites (N-methyl/N-ethyl adjacent to an activating group) is 1. The molecule has 1 aromatic carbocycles. The molecule has 0 aliphatic carbocycles. The minimum atomic E-state index is -1.00. The molecule has 0 aliphatic heterocycles. The molecule has 7 nitrogen and oxygen atoms in total. The lowest BCUT2D eigenvalue weighted by atomic mass is 10.1. The molecule has 0 aliphatic rings. The second-order valence-corrected chi connectivity index (χ2v) is 7.40. The number of aliphatic hydroxyl groups excluding tert-OH is 1. The van der Waals surface area contributed by atoms with Gasteiger partial charge in [-0.3, -0.25) is 4.79 Å². The van der Waals surface area contributed by atoms with Crippen LogP contribution >= 0.6 is 0 Å². The zero-order valence-corrected chi connectivity index (χ0v) is 16.7. The van der Waals surface area contributed by atoms with Gasteiger partial charge in [-0.15, -0.1) is 0 Å². The van der Waals surface area contributed by atoms with Gasteiger partial charge in [-0.2, -0.15) is 0 Å². The molecule has 0 bridgehead atoms. The van der Waals surface area contributed by atoms with Crippen LogP contribution in [0.1, 0.15) is 48.9 Å². The summed E-state index contributed by atoms with van der Waals surface area (Å²) in [7, 11) is 6.16. The summed E-state index contributed by atoms with van der Waals surface area (Å²) >= 11 is 0. The van der Waals surface area contributed by atoms with Crippen molar-refractivity contribution in [3.8, 4) is 5.75 Å². The predicted molar refractivity (Wildman–Crippen MR) is 103 cm³/mol. The summed E-state index contributed by atoms with van der Waals surface area (Å²) in [5.74, 6) is -1.30. The molecule has 1 amide bonds. The molecule has 0 radical (unpaired) electrons. The average molecular weight is 383 g/mol. The molecule has 0 atom stereocenters. The quantitative estimate of drug-likeness (QED) is 0.389. The average Bonchev–Trinajstić information content (AvgIpc) is 2.56. The van der Waals surface area contributed by atoms with Crippen LogP contribution in [0, 0.1) is 0 Å². The summed E-state index contributed by atoms with van der Waals surface area (Å²) in [6.07, 6.45) is 4.34. The van der Waals surface area contributed by atoms with E-state index in [9.17, 15) is 19.8 Å². The lowest BCUT2D eigenvalue weighted by Gasteiger charge is -2.21. The molecule has 0 saturated heterocycles. The number of nitrogens with zero attached hydrogens (tertiary/aromatic N) is 1. The molecule has 1 rings (SSSR count). The van der Waals surface area contributed by atoms with Crippen molar-refractivity contribution in [2.45, 2.75) is 38.5 Å². The molecule has 7 heteroatoms. The van der Waals surface area contributed by atoms with E-state index in [0.717, 1.165) is 36.7 Å². The SMILES string of the molecule is C[N+](C)(C)CCO.O=C([O-])CCCCCCCNC(=O)c1ccccc1O. The van der Waals surface area contributed by atoms with Crippen molar-refractivity contribution in [3.05, 3.63) is 29.8 Å². The molecule has 0 aromatic heterocycles. The van der Waals surface area contributed by atoms with Crippen LogP contribution < -0.4 is 10.4 Å². The minimum absolute atomic E-state index is 0.0210. The van der Waals surface area contributed by atoms with Crippen molar-refractivity contribution >= 4 is 11.9 Å². The Hall–Kier alpha value is -2.12. The lowest BCUT2D eigenvalue weighted by Crippen LogP contribution is -2.36. The first-order chi connectivity index (χ1) is 12.7. The Morgan fingerprint density at radius 2 is 1.63 bits per heavy atom. The van der Waals surface area contributed by atoms with Crippen LogP contribution in [0.5, 0.6) is 5.75 Å². The van der Waals surface area contributed by atoms with Gasteiger partial charge in [0.15, 0.2) is 0 Å². The summed E-state index contributed by atoms with van der Waals surface area (Å²) in [6.45, 7) is 1.66. The normalized spacial score (nSPS) is 10.7. The summed E-state index contributed by atoms with van der Waals surface area (Å²) in [5.41, 5.74) is 0.279. The van der Waals surface area contributed by atoms with Crippen LogP contribution in [0.25, 0.3) is 0 Å². The first-order valence-corrected chi connectivity index (χ1v) is 9.34. The number of unbranched alkanes of at least 4 members (excludes halogenated alkanes) is 4. The van der Waals surface area contributed by atoms with Gasteiger partial charge in [0.2, 0.25) is 0 Å². The Balaban J connectivity index is 0.000000821. The molecule has 0 saturated carbocycles. The molecule has 27 heavy (non-hydrogen) atoms. The van der Waals surface area contributed by atoms with E-state index < -0.39 is 5.97 Å². The van der Waals surface area contributed by atoms with E-state index in [-0.39, 0.29) is 30.2 Å². The molecule has 3 N–H and O–H groups in total. The number of hydrogen-bond donors (Lipinski definition) is 3. The Labute approximate surface area is 162 Å². The Bertz CT molecular complexity index is 556. The largest absolute Gasteiger partial charge is 0.550 e. The molecular formula is C20H34N2O5. The van der Waals surface area contributed by atoms with Crippen molar-refractivity contribution in [1.82, 2.24) is 5.32 Å². The summed E-state index contributed by atoms with van der Waals surface area (Å²) < 4.78 is 0.844. The van der Waals surface area contributed by atoms with Crippen molar-refractivity contribution < 1.29 is 29.4 Å². The highest BCUT2D eigenvalue weighted by Gasteiger charge is 2.08. The number of rotatable bonds is 11. The van der Waals surface area contributed by atoms with E-state index >= 15 is 0 Å². The van der Waals surface area contributed by atoms with E-state index in [1.807, 2.05) is 0 Å². The lowest BCUT2D eigenvalue weighted by molar-refractivity contribution is -0.870. The number of carboxylic acid groups (broad SMARTS) is 1. The smallest absolute Gasteiger partial charge is 0.255 e. The fourth-order valence-electron chi connectivity index (χ4n) is 2.19. The number of aliphatic hydroxyl groups is 1. The Kier molecular flexibility index (Phi) is 12.9. The van der Waals surface area contributed by atoms with Gasteiger partial charge < -0.3 is 29.9 Å².